The molecule has 0 aromatic rings. The second kappa shape index (κ2) is 65.8. The normalized spacial score (nSPS) is 12.7. The summed E-state index contributed by atoms with van der Waals surface area (Å²) in [4.78, 5) is 38.4. The summed E-state index contributed by atoms with van der Waals surface area (Å²) in [6, 6.07) is 0. The lowest BCUT2D eigenvalue weighted by Gasteiger charge is -2.18. The molecule has 0 aromatic heterocycles. The summed E-state index contributed by atoms with van der Waals surface area (Å²) in [5.74, 6) is -0.913. The molecule has 0 saturated heterocycles. The third-order valence-corrected chi connectivity index (χ3v) is 14.3. The first-order valence-electron chi connectivity index (χ1n) is 33.2. The predicted octanol–water partition coefficient (Wildman–Crippen LogP) is 22.8. The van der Waals surface area contributed by atoms with E-state index in [4.69, 9.17) is 14.2 Å². The van der Waals surface area contributed by atoms with Crippen molar-refractivity contribution in [1.29, 1.82) is 0 Å². The minimum Gasteiger partial charge on any atom is -0.462 e. The van der Waals surface area contributed by atoms with Crippen LogP contribution in [0.4, 0.5) is 0 Å². The molecule has 448 valence electrons. The third-order valence-electron chi connectivity index (χ3n) is 14.3. The van der Waals surface area contributed by atoms with Crippen molar-refractivity contribution < 1.29 is 28.6 Å². The number of hydrogen-bond donors (Lipinski definition) is 0. The molecule has 0 amide bonds. The minimum atomic E-state index is -0.797. The van der Waals surface area contributed by atoms with Crippen LogP contribution in [0.2, 0.25) is 0 Å². The van der Waals surface area contributed by atoms with Gasteiger partial charge in [-0.15, -0.1) is 0 Å². The summed E-state index contributed by atoms with van der Waals surface area (Å²) < 4.78 is 16.9. The van der Waals surface area contributed by atoms with Crippen LogP contribution in [-0.4, -0.2) is 37.2 Å². The van der Waals surface area contributed by atoms with Gasteiger partial charge in [0.05, 0.1) is 0 Å². The Hall–Kier alpha value is -3.67. The zero-order chi connectivity index (χ0) is 56.4. The Kier molecular flexibility index (Phi) is 62.7. The van der Waals surface area contributed by atoms with E-state index in [1.807, 2.05) is 0 Å². The Balaban J connectivity index is 4.36. The smallest absolute Gasteiger partial charge is 0.306 e. The zero-order valence-corrected chi connectivity index (χ0v) is 51.4. The fourth-order valence-electron chi connectivity index (χ4n) is 9.43. The van der Waals surface area contributed by atoms with Crippen molar-refractivity contribution in [2.24, 2.45) is 0 Å². The maximum Gasteiger partial charge on any atom is 0.306 e. The summed E-state index contributed by atoms with van der Waals surface area (Å²) in [6.07, 6.45) is 88.5. The number of carbonyl (C=O) groups excluding carboxylic acids is 3. The Morgan fingerprint density at radius 1 is 0.269 bits per heavy atom. The van der Waals surface area contributed by atoms with Crippen LogP contribution < -0.4 is 0 Å². The molecule has 78 heavy (non-hydrogen) atoms. The lowest BCUT2D eigenvalue weighted by Crippen LogP contribution is -2.30. The molecule has 0 aliphatic carbocycles. The zero-order valence-electron chi connectivity index (χ0n) is 51.4. The maximum absolute atomic E-state index is 12.9. The summed E-state index contributed by atoms with van der Waals surface area (Å²) in [5.41, 5.74) is 0. The topological polar surface area (TPSA) is 78.9 Å². The molecule has 0 aromatic carbocycles. The van der Waals surface area contributed by atoms with Gasteiger partial charge in [0.2, 0.25) is 0 Å². The number of rotatable bonds is 60. The number of esters is 3. The molecule has 0 rings (SSSR count). The van der Waals surface area contributed by atoms with Crippen LogP contribution in [0.15, 0.2) is 97.2 Å². The molecule has 0 radical (unpaired) electrons. The van der Waals surface area contributed by atoms with E-state index >= 15 is 0 Å². The van der Waals surface area contributed by atoms with Crippen LogP contribution in [0, 0.1) is 0 Å². The van der Waals surface area contributed by atoms with E-state index in [9.17, 15) is 14.4 Å². The third kappa shape index (κ3) is 63.2. The molecule has 0 bridgehead atoms. The van der Waals surface area contributed by atoms with Gasteiger partial charge >= 0.3 is 17.9 Å². The Morgan fingerprint density at radius 2 is 0.500 bits per heavy atom. The van der Waals surface area contributed by atoms with Crippen molar-refractivity contribution >= 4 is 17.9 Å². The molecule has 0 heterocycles. The van der Waals surface area contributed by atoms with Crippen molar-refractivity contribution in [2.45, 2.75) is 329 Å². The van der Waals surface area contributed by atoms with E-state index in [2.05, 4.69) is 118 Å². The van der Waals surface area contributed by atoms with E-state index in [0.717, 1.165) is 148 Å². The van der Waals surface area contributed by atoms with Gasteiger partial charge in [0, 0.05) is 19.3 Å². The van der Waals surface area contributed by atoms with Gasteiger partial charge in [-0.1, -0.05) is 304 Å². The first kappa shape index (κ1) is 74.3. The molecule has 0 fully saturated rings. The summed E-state index contributed by atoms with van der Waals surface area (Å²) in [5, 5.41) is 0. The van der Waals surface area contributed by atoms with Gasteiger partial charge in [0.1, 0.15) is 13.2 Å². The molecule has 0 aliphatic heterocycles. The molecular weight excluding hydrogens is 961 g/mol. The first-order chi connectivity index (χ1) is 38.5. The van der Waals surface area contributed by atoms with E-state index in [1.165, 1.54) is 135 Å². The lowest BCUT2D eigenvalue weighted by molar-refractivity contribution is -0.167. The van der Waals surface area contributed by atoms with E-state index in [0.29, 0.717) is 19.3 Å². The molecule has 0 saturated carbocycles. The average molecular weight is 1090 g/mol. The standard InChI is InChI=1S/C72H124O6/c1-4-7-10-13-16-19-22-25-28-30-32-34-35-36-38-39-41-44-47-50-53-56-59-62-65-71(74)77-68-69(67-76-70(73)64-61-58-55-52-49-46-43-27-24-21-18-15-12-9-6-3)78-72(75)66-63-60-57-54-51-48-45-42-40-37-33-31-29-26-23-20-17-14-11-8-5-2/h8-9,11-12,17-18,20-21,26-27,29,33,37,42-43,45,69H,4-7,10,13-16,19,22-25,28,30-32,34-36,38-41,44,46-68H2,1-3H3/b11-8-,12-9-,20-17-,21-18-,29-26-,37-33-,43-27-,45-42-. The molecule has 1 unspecified atom stereocenters. The van der Waals surface area contributed by atoms with E-state index in [-0.39, 0.29) is 31.1 Å². The maximum atomic E-state index is 12.9. The van der Waals surface area contributed by atoms with Crippen LogP contribution in [0.3, 0.4) is 0 Å². The molecule has 6 nitrogen and oxygen atoms in total. The SMILES string of the molecule is CC/C=C\C/C=C\C/C=C\C/C=C\C/C=C\CCCCCCCC(=O)OC(COC(=O)CCCCCCC/C=C\C/C=C\C/C=C\CC)COC(=O)CCCCCCCCCCCCCCCCCCCCCCCCCC. The summed E-state index contributed by atoms with van der Waals surface area (Å²) >= 11 is 0. The summed E-state index contributed by atoms with van der Waals surface area (Å²) in [6.45, 7) is 6.42. The number of unbranched alkanes of at least 4 members (excludes halogenated alkanes) is 33. The number of carbonyl (C=O) groups is 3. The highest BCUT2D eigenvalue weighted by atomic mass is 16.6. The Morgan fingerprint density at radius 3 is 0.782 bits per heavy atom. The van der Waals surface area contributed by atoms with Crippen LogP contribution in [-0.2, 0) is 28.6 Å². The van der Waals surface area contributed by atoms with E-state index < -0.39 is 6.10 Å². The molecule has 0 N–H and O–H groups in total. The Labute approximate surface area is 483 Å². The fourth-order valence-corrected chi connectivity index (χ4v) is 9.43. The highest BCUT2D eigenvalue weighted by Crippen LogP contribution is 2.17. The van der Waals surface area contributed by atoms with Gasteiger partial charge in [-0.05, 0) is 96.3 Å². The monoisotopic (exact) mass is 1080 g/mol. The lowest BCUT2D eigenvalue weighted by atomic mass is 10.0. The van der Waals surface area contributed by atoms with Gasteiger partial charge in [0.25, 0.3) is 0 Å². The van der Waals surface area contributed by atoms with Crippen molar-refractivity contribution in [1.82, 2.24) is 0 Å². The second-order valence-corrected chi connectivity index (χ2v) is 22.0. The van der Waals surface area contributed by atoms with E-state index in [1.54, 1.807) is 0 Å². The number of hydrogen-bond acceptors (Lipinski definition) is 6. The molecule has 0 aliphatic rings. The highest BCUT2D eigenvalue weighted by Gasteiger charge is 2.19. The average Bonchev–Trinajstić information content (AvgIpc) is 3.44. The molecule has 0 spiro atoms. The van der Waals surface area contributed by atoms with Crippen molar-refractivity contribution in [3.05, 3.63) is 97.2 Å². The predicted molar refractivity (Wildman–Crippen MR) is 339 cm³/mol. The highest BCUT2D eigenvalue weighted by molar-refractivity contribution is 5.71. The quantitative estimate of drug-likeness (QED) is 0.0261. The van der Waals surface area contributed by atoms with Gasteiger partial charge < -0.3 is 14.2 Å². The number of allylic oxidation sites excluding steroid dienone is 16. The van der Waals surface area contributed by atoms with Crippen molar-refractivity contribution in [3.8, 4) is 0 Å². The van der Waals surface area contributed by atoms with Gasteiger partial charge in [0.15, 0.2) is 6.10 Å². The summed E-state index contributed by atoms with van der Waals surface area (Å²) in [7, 11) is 0. The first-order valence-corrected chi connectivity index (χ1v) is 33.2. The second-order valence-electron chi connectivity index (χ2n) is 22.0. The van der Waals surface area contributed by atoms with Crippen LogP contribution in [0.25, 0.3) is 0 Å². The van der Waals surface area contributed by atoms with Crippen molar-refractivity contribution in [3.63, 3.8) is 0 Å². The van der Waals surface area contributed by atoms with Gasteiger partial charge in [-0.2, -0.15) is 0 Å². The Bertz CT molecular complexity index is 1530. The molecule has 6 heteroatoms. The van der Waals surface area contributed by atoms with Crippen molar-refractivity contribution in [2.75, 3.05) is 13.2 Å². The van der Waals surface area contributed by atoms with Crippen LogP contribution in [0.5, 0.6) is 0 Å². The van der Waals surface area contributed by atoms with Crippen LogP contribution >= 0.6 is 0 Å². The largest absolute Gasteiger partial charge is 0.462 e. The minimum absolute atomic E-state index is 0.0892. The number of ether oxygens (including phenoxy) is 3. The fraction of sp³-hybridized carbons (Fsp3) is 0.736. The molecular formula is C72H124O6. The molecule has 1 atom stereocenters. The van der Waals surface area contributed by atoms with Gasteiger partial charge in [-0.3, -0.25) is 14.4 Å². The van der Waals surface area contributed by atoms with Gasteiger partial charge in [-0.25, -0.2) is 0 Å². The van der Waals surface area contributed by atoms with Crippen LogP contribution in [0.1, 0.15) is 323 Å².